The van der Waals surface area contributed by atoms with E-state index in [0.717, 1.165) is 0 Å². The van der Waals surface area contributed by atoms with Crippen LogP contribution in [0.4, 0.5) is 0 Å². The largest absolute Gasteiger partial charge is 0.386 e. The van der Waals surface area contributed by atoms with Gasteiger partial charge in [0.2, 0.25) is 5.24 Å². The van der Waals surface area contributed by atoms with Gasteiger partial charge in [0, 0.05) is 21.2 Å². The number of ketones is 2. The molecule has 3 N–H and O–H groups in total. The highest BCUT2D eigenvalue weighted by molar-refractivity contribution is 6.63. The number of rotatable bonds is 8. The van der Waals surface area contributed by atoms with Crippen LogP contribution in [0.2, 0.25) is 10.0 Å². The fraction of sp³-hybridized carbons (Fsp3) is 0.211. The zero-order valence-corrected chi connectivity index (χ0v) is 16.4. The second-order valence-electron chi connectivity index (χ2n) is 6.05. The molecule has 0 aliphatic heterocycles. The molecule has 0 saturated heterocycles. The minimum atomic E-state index is -2.84. The fourth-order valence-electron chi connectivity index (χ4n) is 2.57. The standard InChI is InChI=1S/C19H15Cl3O6/c20-12-5-1-10(2-6-12)15(24)16(25)18(27)19(28,9-14(22)23)17(26)11-3-7-13(21)8-4-11/h1-8,16,18,25,27-28H,9H2. The van der Waals surface area contributed by atoms with Gasteiger partial charge >= 0.3 is 0 Å². The molecule has 2 aromatic carbocycles. The highest BCUT2D eigenvalue weighted by atomic mass is 35.5. The minimum absolute atomic E-state index is 0.0190. The molecule has 0 aliphatic rings. The monoisotopic (exact) mass is 444 g/mol. The van der Waals surface area contributed by atoms with Crippen molar-refractivity contribution < 1.29 is 29.7 Å². The molecule has 6 nitrogen and oxygen atoms in total. The van der Waals surface area contributed by atoms with Crippen LogP contribution < -0.4 is 0 Å². The molecule has 3 unspecified atom stereocenters. The van der Waals surface area contributed by atoms with Crippen molar-refractivity contribution in [1.29, 1.82) is 0 Å². The molecule has 148 valence electrons. The van der Waals surface area contributed by atoms with Gasteiger partial charge in [-0.2, -0.15) is 0 Å². The molecule has 0 spiro atoms. The first-order chi connectivity index (χ1) is 13.1. The average molecular weight is 446 g/mol. The van der Waals surface area contributed by atoms with Gasteiger partial charge in [-0.05, 0) is 60.1 Å². The Labute approximate surface area is 175 Å². The Morgan fingerprint density at radius 3 is 1.71 bits per heavy atom. The number of benzene rings is 2. The quantitative estimate of drug-likeness (QED) is 0.425. The summed E-state index contributed by atoms with van der Waals surface area (Å²) in [6.45, 7) is 0. The molecular formula is C19H15Cl3O6. The van der Waals surface area contributed by atoms with E-state index < -0.39 is 41.0 Å². The smallest absolute Gasteiger partial charge is 0.225 e. The summed E-state index contributed by atoms with van der Waals surface area (Å²) in [5, 5.41) is 31.0. The van der Waals surface area contributed by atoms with E-state index in [2.05, 4.69) is 0 Å². The molecule has 0 aromatic heterocycles. The van der Waals surface area contributed by atoms with Crippen LogP contribution in [0.3, 0.4) is 0 Å². The van der Waals surface area contributed by atoms with E-state index in [0.29, 0.717) is 10.0 Å². The number of aliphatic hydroxyl groups excluding tert-OH is 2. The first-order valence-corrected chi connectivity index (χ1v) is 9.06. The fourth-order valence-corrected chi connectivity index (χ4v) is 3.03. The minimum Gasteiger partial charge on any atom is -0.386 e. The normalized spacial score (nSPS) is 15.4. The highest BCUT2D eigenvalue weighted by Crippen LogP contribution is 2.27. The Hall–Kier alpha value is -1.80. The van der Waals surface area contributed by atoms with Gasteiger partial charge in [0.05, 0.1) is 6.42 Å². The molecule has 9 heteroatoms. The van der Waals surface area contributed by atoms with Crippen LogP contribution in [-0.4, -0.2) is 49.9 Å². The van der Waals surface area contributed by atoms with Crippen molar-refractivity contribution in [3.05, 3.63) is 69.7 Å². The lowest BCUT2D eigenvalue weighted by atomic mass is 9.81. The molecule has 0 radical (unpaired) electrons. The van der Waals surface area contributed by atoms with E-state index in [1.165, 1.54) is 48.5 Å². The van der Waals surface area contributed by atoms with Crippen LogP contribution in [0.25, 0.3) is 0 Å². The van der Waals surface area contributed by atoms with E-state index >= 15 is 0 Å². The molecule has 2 rings (SSSR count). The van der Waals surface area contributed by atoms with Crippen molar-refractivity contribution in [2.75, 3.05) is 0 Å². The number of aliphatic hydroxyl groups is 3. The predicted octanol–water partition coefficient (Wildman–Crippen LogP) is 2.67. The second-order valence-corrected chi connectivity index (χ2v) is 7.35. The van der Waals surface area contributed by atoms with Gasteiger partial charge in [0.15, 0.2) is 17.2 Å². The molecule has 0 amide bonds. The Kier molecular flexibility index (Phi) is 7.33. The van der Waals surface area contributed by atoms with Crippen LogP contribution in [-0.2, 0) is 4.79 Å². The third kappa shape index (κ3) is 4.97. The SMILES string of the molecule is O=C(Cl)CC(O)(C(=O)c1ccc(Cl)cc1)C(O)C(O)C(=O)c1ccc(Cl)cc1. The Balaban J connectivity index is 2.38. The predicted molar refractivity (Wildman–Crippen MR) is 104 cm³/mol. The maximum Gasteiger partial charge on any atom is 0.225 e. The molecule has 0 heterocycles. The summed E-state index contributed by atoms with van der Waals surface area (Å²) in [6.07, 6.45) is -5.57. The zero-order chi connectivity index (χ0) is 21.1. The van der Waals surface area contributed by atoms with Crippen molar-refractivity contribution in [2.24, 2.45) is 0 Å². The van der Waals surface area contributed by atoms with Crippen molar-refractivity contribution >= 4 is 51.6 Å². The van der Waals surface area contributed by atoms with Crippen molar-refractivity contribution in [2.45, 2.75) is 24.2 Å². The summed E-state index contributed by atoms with van der Waals surface area (Å²) >= 11 is 16.8. The van der Waals surface area contributed by atoms with Gasteiger partial charge in [0.1, 0.15) is 12.2 Å². The average Bonchev–Trinajstić information content (AvgIpc) is 2.66. The summed E-state index contributed by atoms with van der Waals surface area (Å²) in [5.74, 6) is -2.08. The number of halogens is 3. The molecule has 28 heavy (non-hydrogen) atoms. The lowest BCUT2D eigenvalue weighted by Crippen LogP contribution is -2.57. The Bertz CT molecular complexity index is 882. The van der Waals surface area contributed by atoms with Gasteiger partial charge < -0.3 is 15.3 Å². The van der Waals surface area contributed by atoms with Crippen LogP contribution in [0.15, 0.2) is 48.5 Å². The van der Waals surface area contributed by atoms with Gasteiger partial charge in [-0.3, -0.25) is 14.4 Å². The molecule has 0 bridgehead atoms. The topological polar surface area (TPSA) is 112 Å². The zero-order valence-electron chi connectivity index (χ0n) is 14.2. The summed E-state index contributed by atoms with van der Waals surface area (Å²) in [5.41, 5.74) is -2.96. The van der Waals surface area contributed by atoms with E-state index in [9.17, 15) is 29.7 Å². The Morgan fingerprint density at radius 2 is 1.29 bits per heavy atom. The number of Topliss-reactive ketones (excluding diaryl/α,β-unsaturated/α-hetero) is 2. The highest BCUT2D eigenvalue weighted by Gasteiger charge is 2.49. The van der Waals surface area contributed by atoms with E-state index in [1.807, 2.05) is 0 Å². The molecule has 0 fully saturated rings. The van der Waals surface area contributed by atoms with E-state index in [4.69, 9.17) is 34.8 Å². The lowest BCUT2D eigenvalue weighted by Gasteiger charge is -2.32. The van der Waals surface area contributed by atoms with E-state index in [-0.39, 0.29) is 11.1 Å². The number of hydrogen-bond acceptors (Lipinski definition) is 6. The maximum absolute atomic E-state index is 12.8. The molecule has 0 aliphatic carbocycles. The van der Waals surface area contributed by atoms with Crippen molar-refractivity contribution in [3.63, 3.8) is 0 Å². The molecule has 2 aromatic rings. The summed E-state index contributed by atoms with van der Waals surface area (Å²) < 4.78 is 0. The van der Waals surface area contributed by atoms with Crippen LogP contribution in [0.5, 0.6) is 0 Å². The van der Waals surface area contributed by atoms with Crippen molar-refractivity contribution in [3.8, 4) is 0 Å². The van der Waals surface area contributed by atoms with Gasteiger partial charge in [-0.25, -0.2) is 0 Å². The summed E-state index contributed by atoms with van der Waals surface area (Å²) in [4.78, 5) is 36.6. The maximum atomic E-state index is 12.8. The van der Waals surface area contributed by atoms with Crippen LogP contribution in [0, 0.1) is 0 Å². The van der Waals surface area contributed by atoms with Crippen LogP contribution >= 0.6 is 34.8 Å². The third-order valence-corrected chi connectivity index (χ3v) is 4.73. The number of hydrogen-bond donors (Lipinski definition) is 3. The van der Waals surface area contributed by atoms with Gasteiger partial charge in [-0.15, -0.1) is 0 Å². The number of carbonyl (C=O) groups excluding carboxylic acids is 3. The summed E-state index contributed by atoms with van der Waals surface area (Å²) in [7, 11) is 0. The lowest BCUT2D eigenvalue weighted by molar-refractivity contribution is -0.125. The second kappa shape index (κ2) is 9.13. The Morgan fingerprint density at radius 1 is 0.857 bits per heavy atom. The van der Waals surface area contributed by atoms with Crippen LogP contribution in [0.1, 0.15) is 27.1 Å². The first-order valence-electron chi connectivity index (χ1n) is 7.93. The first kappa shape index (κ1) is 22.5. The van der Waals surface area contributed by atoms with Gasteiger partial charge in [0.25, 0.3) is 0 Å². The molecular weight excluding hydrogens is 431 g/mol. The van der Waals surface area contributed by atoms with Crippen molar-refractivity contribution in [1.82, 2.24) is 0 Å². The third-order valence-electron chi connectivity index (χ3n) is 4.09. The molecule has 0 saturated carbocycles. The van der Waals surface area contributed by atoms with Gasteiger partial charge in [-0.1, -0.05) is 23.2 Å². The number of carbonyl (C=O) groups is 3. The van der Waals surface area contributed by atoms with E-state index in [1.54, 1.807) is 0 Å². The summed E-state index contributed by atoms with van der Waals surface area (Å²) in [6, 6.07) is 10.6. The molecule has 3 atom stereocenters.